The van der Waals surface area contributed by atoms with Crippen LogP contribution >= 0.6 is 7.82 Å². The van der Waals surface area contributed by atoms with Crippen molar-refractivity contribution in [2.75, 3.05) is 0 Å². The van der Waals surface area contributed by atoms with Gasteiger partial charge in [0.05, 0.1) is 12.3 Å². The Morgan fingerprint density at radius 3 is 2.55 bits per heavy atom. The fourth-order valence-electron chi connectivity index (χ4n) is 1.54. The summed E-state index contributed by atoms with van der Waals surface area (Å²) in [5.41, 5.74) is -0.411. The standard InChI is InChI=1S/C12H19N2O7P/c1-7-10(15)9(5-14-12(2,3)11(16)17)8(4-13-7)6-21-22(18,19)20/h4,14-15H,5-6H2,1-3H3,(H,16,17)(H2,18,19,20). The topological polar surface area (TPSA) is 149 Å². The Bertz CT molecular complexity index is 612. The van der Waals surface area contributed by atoms with Crippen LogP contribution in [0.2, 0.25) is 0 Å². The first kappa shape index (κ1) is 18.5. The highest BCUT2D eigenvalue weighted by Gasteiger charge is 2.27. The molecule has 9 nitrogen and oxygen atoms in total. The van der Waals surface area contributed by atoms with Crippen LogP contribution < -0.4 is 5.32 Å². The summed E-state index contributed by atoms with van der Waals surface area (Å²) in [6, 6.07) is 0. The number of carboxylic acids is 1. The molecule has 1 aromatic heterocycles. The predicted octanol–water partition coefficient (Wildman–Crippen LogP) is 0.658. The van der Waals surface area contributed by atoms with E-state index in [1.165, 1.54) is 20.0 Å². The van der Waals surface area contributed by atoms with Crippen LogP contribution in [-0.2, 0) is 27.0 Å². The molecule has 0 amide bonds. The van der Waals surface area contributed by atoms with Crippen molar-refractivity contribution < 1.29 is 33.9 Å². The van der Waals surface area contributed by atoms with Gasteiger partial charge in [-0.15, -0.1) is 0 Å². The van der Waals surface area contributed by atoms with Gasteiger partial charge >= 0.3 is 13.8 Å². The molecule has 0 radical (unpaired) electrons. The van der Waals surface area contributed by atoms with Crippen LogP contribution in [0, 0.1) is 6.92 Å². The summed E-state index contributed by atoms with van der Waals surface area (Å²) in [5, 5.41) is 21.8. The average molecular weight is 334 g/mol. The Balaban J connectivity index is 3.03. The quantitative estimate of drug-likeness (QED) is 0.453. The molecule has 5 N–H and O–H groups in total. The number of aromatic nitrogens is 1. The van der Waals surface area contributed by atoms with Gasteiger partial charge in [0.15, 0.2) is 0 Å². The highest BCUT2D eigenvalue weighted by atomic mass is 31.2. The molecule has 0 aliphatic heterocycles. The number of carboxylic acid groups (broad SMARTS) is 1. The molecule has 0 spiro atoms. The maximum atomic E-state index is 11.1. The molecule has 0 unspecified atom stereocenters. The third kappa shape index (κ3) is 5.04. The molecule has 124 valence electrons. The van der Waals surface area contributed by atoms with E-state index in [4.69, 9.17) is 14.9 Å². The van der Waals surface area contributed by atoms with Crippen LogP contribution in [0.3, 0.4) is 0 Å². The molecular weight excluding hydrogens is 315 g/mol. The van der Waals surface area contributed by atoms with Crippen molar-refractivity contribution in [3.63, 3.8) is 0 Å². The summed E-state index contributed by atoms with van der Waals surface area (Å²) in [5.74, 6) is -1.26. The number of rotatable bonds is 7. The van der Waals surface area contributed by atoms with Gasteiger partial charge in [0.2, 0.25) is 0 Å². The fourth-order valence-corrected chi connectivity index (χ4v) is 1.85. The van der Waals surface area contributed by atoms with Gasteiger partial charge in [-0.1, -0.05) is 0 Å². The van der Waals surface area contributed by atoms with Crippen molar-refractivity contribution in [3.8, 4) is 5.75 Å². The van der Waals surface area contributed by atoms with Crippen molar-refractivity contribution in [2.45, 2.75) is 39.5 Å². The molecule has 0 aliphatic rings. The second kappa shape index (κ2) is 6.72. The summed E-state index contributed by atoms with van der Waals surface area (Å²) in [6.07, 6.45) is 1.31. The van der Waals surface area contributed by atoms with E-state index in [2.05, 4.69) is 14.8 Å². The van der Waals surface area contributed by atoms with Gasteiger partial charge in [-0.25, -0.2) is 4.57 Å². The Hall–Kier alpha value is -1.51. The van der Waals surface area contributed by atoms with E-state index in [1.54, 1.807) is 6.92 Å². The highest BCUT2D eigenvalue weighted by Crippen LogP contribution is 2.38. The summed E-state index contributed by atoms with van der Waals surface area (Å²) in [7, 11) is -4.67. The zero-order valence-electron chi connectivity index (χ0n) is 12.4. The van der Waals surface area contributed by atoms with E-state index < -0.39 is 25.9 Å². The number of pyridine rings is 1. The van der Waals surface area contributed by atoms with Gasteiger partial charge in [-0.3, -0.25) is 19.6 Å². The normalized spacial score (nSPS) is 12.4. The number of hydrogen-bond acceptors (Lipinski definition) is 6. The lowest BCUT2D eigenvalue weighted by atomic mass is 10.0. The van der Waals surface area contributed by atoms with Gasteiger partial charge in [-0.05, 0) is 20.8 Å². The SMILES string of the molecule is Cc1ncc(COP(=O)(O)O)c(CNC(C)(C)C(=O)O)c1O. The highest BCUT2D eigenvalue weighted by molar-refractivity contribution is 7.46. The van der Waals surface area contributed by atoms with Crippen molar-refractivity contribution in [3.05, 3.63) is 23.0 Å². The molecule has 0 aliphatic carbocycles. The number of aromatic hydroxyl groups is 1. The zero-order valence-corrected chi connectivity index (χ0v) is 13.3. The Morgan fingerprint density at radius 2 is 2.05 bits per heavy atom. The number of nitrogens with one attached hydrogen (secondary N) is 1. The van der Waals surface area contributed by atoms with Crippen LogP contribution in [0.5, 0.6) is 5.75 Å². The lowest BCUT2D eigenvalue weighted by Gasteiger charge is -2.22. The number of aliphatic carboxylic acids is 1. The lowest BCUT2D eigenvalue weighted by Crippen LogP contribution is -2.46. The molecule has 22 heavy (non-hydrogen) atoms. The minimum absolute atomic E-state index is 0.0334. The average Bonchev–Trinajstić information content (AvgIpc) is 2.37. The maximum absolute atomic E-state index is 11.1. The summed E-state index contributed by atoms with van der Waals surface area (Å²) in [4.78, 5) is 32.4. The smallest absolute Gasteiger partial charge is 0.469 e. The number of phosphoric acid groups is 1. The van der Waals surface area contributed by atoms with Crippen LogP contribution in [0.25, 0.3) is 0 Å². The van der Waals surface area contributed by atoms with Crippen molar-refractivity contribution in [2.24, 2.45) is 0 Å². The Labute approximate surface area is 127 Å². The van der Waals surface area contributed by atoms with Crippen LogP contribution in [-0.4, -0.2) is 36.5 Å². The molecule has 1 rings (SSSR count). The van der Waals surface area contributed by atoms with E-state index >= 15 is 0 Å². The van der Waals surface area contributed by atoms with Crippen LogP contribution in [0.1, 0.15) is 30.7 Å². The predicted molar refractivity (Wildman–Crippen MR) is 76.0 cm³/mol. The molecule has 0 atom stereocenters. The zero-order chi connectivity index (χ0) is 17.1. The number of carbonyl (C=O) groups is 1. The molecule has 0 saturated heterocycles. The molecule has 0 aromatic carbocycles. The maximum Gasteiger partial charge on any atom is 0.469 e. The third-order valence-corrected chi connectivity index (χ3v) is 3.53. The van der Waals surface area contributed by atoms with Crippen molar-refractivity contribution >= 4 is 13.8 Å². The van der Waals surface area contributed by atoms with Gasteiger partial charge in [0.1, 0.15) is 11.3 Å². The number of hydrogen-bond donors (Lipinski definition) is 5. The van der Waals surface area contributed by atoms with E-state index in [0.717, 1.165) is 0 Å². The minimum Gasteiger partial charge on any atom is -0.506 e. The fraction of sp³-hybridized carbons (Fsp3) is 0.500. The number of nitrogens with zero attached hydrogens (tertiary/aromatic N) is 1. The molecule has 0 bridgehead atoms. The Morgan fingerprint density at radius 1 is 1.45 bits per heavy atom. The van der Waals surface area contributed by atoms with Gasteiger partial charge in [0, 0.05) is 23.9 Å². The second-order valence-corrected chi connectivity index (χ2v) is 6.48. The molecule has 10 heteroatoms. The van der Waals surface area contributed by atoms with Crippen molar-refractivity contribution in [1.82, 2.24) is 10.3 Å². The molecule has 1 heterocycles. The summed E-state index contributed by atoms with van der Waals surface area (Å²) >= 11 is 0. The van der Waals surface area contributed by atoms with Crippen molar-refractivity contribution in [1.29, 1.82) is 0 Å². The summed E-state index contributed by atoms with van der Waals surface area (Å²) in [6.45, 7) is 3.96. The third-order valence-electron chi connectivity index (χ3n) is 3.06. The monoisotopic (exact) mass is 334 g/mol. The number of phosphoric ester groups is 1. The summed E-state index contributed by atoms with van der Waals surface area (Å²) < 4.78 is 15.2. The van der Waals surface area contributed by atoms with E-state index in [9.17, 15) is 14.5 Å². The second-order valence-electron chi connectivity index (χ2n) is 5.24. The molecule has 1 aromatic rings. The molecule has 0 saturated carbocycles. The van der Waals surface area contributed by atoms with Crippen LogP contribution in [0.15, 0.2) is 6.20 Å². The first-order valence-electron chi connectivity index (χ1n) is 6.29. The minimum atomic E-state index is -4.67. The van der Waals surface area contributed by atoms with E-state index in [0.29, 0.717) is 5.69 Å². The first-order valence-corrected chi connectivity index (χ1v) is 7.82. The molecular formula is C12H19N2O7P. The molecule has 0 fully saturated rings. The van der Waals surface area contributed by atoms with Gasteiger partial charge in [0.25, 0.3) is 0 Å². The first-order chi connectivity index (χ1) is 9.94. The van der Waals surface area contributed by atoms with Crippen LogP contribution in [0.4, 0.5) is 0 Å². The van der Waals surface area contributed by atoms with Gasteiger partial charge < -0.3 is 20.0 Å². The largest absolute Gasteiger partial charge is 0.506 e. The lowest BCUT2D eigenvalue weighted by molar-refractivity contribution is -0.143. The van der Waals surface area contributed by atoms with Gasteiger partial charge in [-0.2, -0.15) is 0 Å². The Kier molecular flexibility index (Phi) is 5.66. The van der Waals surface area contributed by atoms with E-state index in [1.807, 2.05) is 0 Å². The van der Waals surface area contributed by atoms with E-state index in [-0.39, 0.29) is 23.4 Å². The number of aryl methyl sites for hydroxylation is 1.